The summed E-state index contributed by atoms with van der Waals surface area (Å²) in [5.74, 6) is 1.03. The number of anilines is 2. The van der Waals surface area contributed by atoms with Crippen molar-refractivity contribution < 1.29 is 14.3 Å². The lowest BCUT2D eigenvalue weighted by atomic mass is 9.92. The molecule has 0 unspecified atom stereocenters. The number of likely N-dealkylation sites (tertiary alicyclic amines) is 1. The van der Waals surface area contributed by atoms with Crippen LogP contribution in [-0.2, 0) is 4.79 Å². The van der Waals surface area contributed by atoms with E-state index in [1.807, 2.05) is 11.0 Å². The molecule has 2 heterocycles. The number of carbonyl (C=O) groups excluding carboxylic acids is 2. The summed E-state index contributed by atoms with van der Waals surface area (Å²) in [7, 11) is 1.72. The molecule has 6 heteroatoms. The maximum absolute atomic E-state index is 12.8. The third-order valence-corrected chi connectivity index (χ3v) is 5.58. The van der Waals surface area contributed by atoms with Crippen LogP contribution < -0.4 is 15.0 Å². The fourth-order valence-corrected chi connectivity index (χ4v) is 3.92. The van der Waals surface area contributed by atoms with Crippen LogP contribution >= 0.6 is 0 Å². The van der Waals surface area contributed by atoms with E-state index in [9.17, 15) is 9.59 Å². The number of nitrogens with one attached hydrogen (secondary N) is 1. The van der Waals surface area contributed by atoms with E-state index >= 15 is 0 Å². The van der Waals surface area contributed by atoms with Crippen molar-refractivity contribution in [1.82, 2.24) is 4.90 Å². The molecule has 1 saturated heterocycles. The number of fused-ring (bicyclic) bond motifs is 1. The molecule has 0 radical (unpaired) electrons. The van der Waals surface area contributed by atoms with Gasteiger partial charge in [-0.1, -0.05) is 30.3 Å². The highest BCUT2D eigenvalue weighted by atomic mass is 16.5. The van der Waals surface area contributed by atoms with Crippen LogP contribution in [0.5, 0.6) is 5.75 Å². The summed E-state index contributed by atoms with van der Waals surface area (Å²) in [6, 6.07) is 15.8. The van der Waals surface area contributed by atoms with Crippen molar-refractivity contribution in [3.63, 3.8) is 0 Å². The van der Waals surface area contributed by atoms with Gasteiger partial charge in [-0.3, -0.25) is 4.79 Å². The number of ether oxygens (including phenoxy) is 1. The van der Waals surface area contributed by atoms with Gasteiger partial charge in [-0.25, -0.2) is 4.79 Å². The van der Waals surface area contributed by atoms with E-state index in [4.69, 9.17) is 4.74 Å². The number of hydrogen-bond acceptors (Lipinski definition) is 3. The molecule has 2 aliphatic heterocycles. The van der Waals surface area contributed by atoms with E-state index in [1.165, 1.54) is 5.56 Å². The SMILES string of the molecule is CN1C(=O)COc2cc(NC(=O)N3CCC[C@H](c4ccccc4)CC3)ccc21. The van der Waals surface area contributed by atoms with Gasteiger partial charge in [0.1, 0.15) is 5.75 Å². The molecule has 0 bridgehead atoms. The highest BCUT2D eigenvalue weighted by Crippen LogP contribution is 2.34. The minimum atomic E-state index is -0.0890. The van der Waals surface area contributed by atoms with Crippen LogP contribution in [-0.4, -0.2) is 43.6 Å². The van der Waals surface area contributed by atoms with Crippen LogP contribution in [0.3, 0.4) is 0 Å². The molecule has 0 saturated carbocycles. The van der Waals surface area contributed by atoms with Gasteiger partial charge in [-0.05, 0) is 42.9 Å². The van der Waals surface area contributed by atoms with Crippen LogP contribution in [0.2, 0.25) is 0 Å². The van der Waals surface area contributed by atoms with Crippen LogP contribution in [0.4, 0.5) is 16.2 Å². The van der Waals surface area contributed by atoms with Gasteiger partial charge < -0.3 is 19.9 Å². The summed E-state index contributed by atoms with van der Waals surface area (Å²) >= 11 is 0. The molecular weight excluding hydrogens is 354 g/mol. The smallest absolute Gasteiger partial charge is 0.321 e. The first kappa shape index (κ1) is 18.3. The second-order valence-electron chi connectivity index (χ2n) is 7.38. The fourth-order valence-electron chi connectivity index (χ4n) is 3.92. The average Bonchev–Trinajstić information content (AvgIpc) is 2.98. The Morgan fingerprint density at radius 3 is 2.75 bits per heavy atom. The van der Waals surface area contributed by atoms with Crippen LogP contribution in [0.1, 0.15) is 30.7 Å². The van der Waals surface area contributed by atoms with E-state index in [0.29, 0.717) is 17.4 Å². The summed E-state index contributed by atoms with van der Waals surface area (Å²) in [5.41, 5.74) is 2.75. The summed E-state index contributed by atoms with van der Waals surface area (Å²) in [5, 5.41) is 2.97. The van der Waals surface area contributed by atoms with Gasteiger partial charge in [-0.2, -0.15) is 0 Å². The van der Waals surface area contributed by atoms with Crippen LogP contribution in [0.25, 0.3) is 0 Å². The predicted molar refractivity (Wildman–Crippen MR) is 109 cm³/mol. The van der Waals surface area contributed by atoms with Crippen LogP contribution in [0.15, 0.2) is 48.5 Å². The number of urea groups is 1. The Kier molecular flexibility index (Phi) is 5.19. The number of nitrogens with zero attached hydrogens (tertiary/aromatic N) is 2. The van der Waals surface area contributed by atoms with Gasteiger partial charge in [0, 0.05) is 31.9 Å². The van der Waals surface area contributed by atoms with E-state index < -0.39 is 0 Å². The fraction of sp³-hybridized carbons (Fsp3) is 0.364. The summed E-state index contributed by atoms with van der Waals surface area (Å²) in [4.78, 5) is 27.9. The molecule has 28 heavy (non-hydrogen) atoms. The van der Waals surface area contributed by atoms with Gasteiger partial charge in [0.15, 0.2) is 6.61 Å². The van der Waals surface area contributed by atoms with Crippen molar-refractivity contribution >= 4 is 23.3 Å². The lowest BCUT2D eigenvalue weighted by Gasteiger charge is -2.26. The predicted octanol–water partition coefficient (Wildman–Crippen LogP) is 3.84. The standard InChI is InChI=1S/C22H25N3O3/c1-24-19-10-9-18(14-20(19)28-15-21(24)26)23-22(27)25-12-5-8-17(11-13-25)16-6-3-2-4-7-16/h2-4,6-7,9-10,14,17H,5,8,11-13,15H2,1H3,(H,23,27)/t17-/m0/s1. The Hall–Kier alpha value is -3.02. The van der Waals surface area contributed by atoms with Gasteiger partial charge in [0.2, 0.25) is 0 Å². The minimum Gasteiger partial charge on any atom is -0.481 e. The molecule has 2 aromatic carbocycles. The molecule has 0 spiro atoms. The first-order chi connectivity index (χ1) is 13.6. The largest absolute Gasteiger partial charge is 0.481 e. The Morgan fingerprint density at radius 1 is 1.11 bits per heavy atom. The molecule has 2 aromatic rings. The third-order valence-electron chi connectivity index (χ3n) is 5.58. The van der Waals surface area contributed by atoms with Crippen molar-refractivity contribution in [2.24, 2.45) is 0 Å². The maximum Gasteiger partial charge on any atom is 0.321 e. The molecule has 1 fully saturated rings. The van der Waals surface area contributed by atoms with Crippen LogP contribution in [0, 0.1) is 0 Å². The van der Waals surface area contributed by atoms with E-state index in [0.717, 1.165) is 38.0 Å². The molecule has 0 aromatic heterocycles. The van der Waals surface area contributed by atoms with Crippen molar-refractivity contribution in [2.75, 3.05) is 37.0 Å². The number of amides is 3. The molecule has 4 rings (SSSR count). The highest BCUT2D eigenvalue weighted by Gasteiger charge is 2.24. The normalized spacial score (nSPS) is 19.5. The zero-order valence-electron chi connectivity index (χ0n) is 16.1. The number of likely N-dealkylation sites (N-methyl/N-ethyl adjacent to an activating group) is 1. The monoisotopic (exact) mass is 379 g/mol. The topological polar surface area (TPSA) is 61.9 Å². The number of hydrogen-bond donors (Lipinski definition) is 1. The molecule has 6 nitrogen and oxygen atoms in total. The lowest BCUT2D eigenvalue weighted by molar-refractivity contribution is -0.120. The molecule has 0 aliphatic carbocycles. The minimum absolute atomic E-state index is 0.0217. The molecule has 1 atom stereocenters. The number of rotatable bonds is 2. The van der Waals surface area contributed by atoms with E-state index in [-0.39, 0.29) is 18.5 Å². The van der Waals surface area contributed by atoms with Gasteiger partial charge in [0.05, 0.1) is 5.69 Å². The van der Waals surface area contributed by atoms with Crippen molar-refractivity contribution in [1.29, 1.82) is 0 Å². The Bertz CT molecular complexity index is 869. The molecule has 2 aliphatic rings. The maximum atomic E-state index is 12.8. The van der Waals surface area contributed by atoms with E-state index in [2.05, 4.69) is 29.6 Å². The third kappa shape index (κ3) is 3.81. The average molecular weight is 379 g/mol. The second kappa shape index (κ2) is 7.92. The van der Waals surface area contributed by atoms with Gasteiger partial charge >= 0.3 is 6.03 Å². The summed E-state index contributed by atoms with van der Waals surface area (Å²) < 4.78 is 5.50. The lowest BCUT2D eigenvalue weighted by Crippen LogP contribution is -2.36. The molecule has 1 N–H and O–H groups in total. The number of benzene rings is 2. The number of carbonyl (C=O) groups is 2. The molecular formula is C22H25N3O3. The Balaban J connectivity index is 1.39. The summed E-state index contributed by atoms with van der Waals surface area (Å²) in [6.45, 7) is 1.52. The highest BCUT2D eigenvalue weighted by molar-refractivity contribution is 5.98. The Morgan fingerprint density at radius 2 is 1.93 bits per heavy atom. The van der Waals surface area contributed by atoms with Crippen molar-refractivity contribution in [3.8, 4) is 5.75 Å². The van der Waals surface area contributed by atoms with Gasteiger partial charge in [-0.15, -0.1) is 0 Å². The zero-order chi connectivity index (χ0) is 19.5. The summed E-state index contributed by atoms with van der Waals surface area (Å²) in [6.07, 6.45) is 3.06. The molecule has 3 amide bonds. The van der Waals surface area contributed by atoms with Gasteiger partial charge in [0.25, 0.3) is 5.91 Å². The van der Waals surface area contributed by atoms with E-state index in [1.54, 1.807) is 30.1 Å². The first-order valence-electron chi connectivity index (χ1n) is 9.76. The zero-order valence-corrected chi connectivity index (χ0v) is 16.1. The Labute approximate surface area is 165 Å². The second-order valence-corrected chi connectivity index (χ2v) is 7.38. The van der Waals surface area contributed by atoms with Crippen molar-refractivity contribution in [3.05, 3.63) is 54.1 Å². The quantitative estimate of drug-likeness (QED) is 0.862. The molecule has 146 valence electrons. The first-order valence-corrected chi connectivity index (χ1v) is 9.76. The van der Waals surface area contributed by atoms with Crippen molar-refractivity contribution in [2.45, 2.75) is 25.2 Å².